The van der Waals surface area contributed by atoms with Gasteiger partial charge in [-0.05, 0) is 0 Å². The van der Waals surface area contributed by atoms with Crippen LogP contribution in [0.1, 0.15) is 0 Å². The molecule has 0 aromatic heterocycles. The molecule has 2 amide bonds. The van der Waals surface area contributed by atoms with Crippen molar-refractivity contribution in [3.8, 4) is 0 Å². The van der Waals surface area contributed by atoms with E-state index < -0.39 is 41.0 Å². The normalized spacial score (nSPS) is 17.8. The van der Waals surface area contributed by atoms with Crippen molar-refractivity contribution in [1.82, 2.24) is 4.90 Å². The molecule has 11 heteroatoms. The number of amides is 2. The minimum absolute atomic E-state index is 0.118. The molecule has 19 heavy (non-hydrogen) atoms. The first-order valence-electron chi connectivity index (χ1n) is 4.35. The molecule has 0 atom stereocenters. The van der Waals surface area contributed by atoms with Crippen LogP contribution in [0.2, 0.25) is 0 Å². The molecule has 3 nitrogen and oxygen atoms in total. The number of nitrogens with zero attached hydrogens (tertiary/aromatic N) is 1. The van der Waals surface area contributed by atoms with Gasteiger partial charge in [0.1, 0.15) is 0 Å². The molecule has 0 saturated carbocycles. The average Bonchev–Trinajstić information content (AvgIpc) is 2.57. The molecule has 0 aliphatic carbocycles. The zero-order chi connectivity index (χ0) is 15.2. The molecular formula is C8H3F8NO2. The Bertz CT molecular complexity index is 426. The largest absolute Gasteiger partial charge is 0.404 e. The zero-order valence-electron chi connectivity index (χ0n) is 8.52. The van der Waals surface area contributed by atoms with Gasteiger partial charge in [0, 0.05) is 12.2 Å². The second kappa shape index (κ2) is 4.17. The molecule has 0 aromatic carbocycles. The molecule has 1 heterocycles. The molecule has 0 N–H and O–H groups in total. The van der Waals surface area contributed by atoms with Crippen molar-refractivity contribution < 1.29 is 44.7 Å². The number of halogens is 8. The minimum atomic E-state index is -6.63. The van der Waals surface area contributed by atoms with Crippen molar-refractivity contribution in [2.24, 2.45) is 0 Å². The number of hydrogen-bond acceptors (Lipinski definition) is 2. The standard InChI is InChI=1S/C8H3F8NO2/c9-5(10)6(11,12)7(13,14)8(15,16)17-3(18)1-2-4(17)19/h1-2,5H. The van der Waals surface area contributed by atoms with E-state index in [0.717, 1.165) is 0 Å². The lowest BCUT2D eigenvalue weighted by Crippen LogP contribution is -2.65. The quantitative estimate of drug-likeness (QED) is 0.452. The molecule has 0 fully saturated rings. The fraction of sp³-hybridized carbons (Fsp3) is 0.500. The van der Waals surface area contributed by atoms with Gasteiger partial charge in [-0.15, -0.1) is 0 Å². The predicted molar refractivity (Wildman–Crippen MR) is 41.8 cm³/mol. The molecule has 0 unspecified atom stereocenters. The second-order valence-electron chi connectivity index (χ2n) is 3.38. The Morgan fingerprint density at radius 3 is 1.58 bits per heavy atom. The Labute approximate surface area is 99.0 Å². The van der Waals surface area contributed by atoms with Crippen molar-refractivity contribution in [1.29, 1.82) is 0 Å². The third-order valence-electron chi connectivity index (χ3n) is 2.16. The van der Waals surface area contributed by atoms with Crippen molar-refractivity contribution in [3.63, 3.8) is 0 Å². The lowest BCUT2D eigenvalue weighted by molar-refractivity contribution is -0.363. The van der Waals surface area contributed by atoms with Gasteiger partial charge in [0.05, 0.1) is 0 Å². The van der Waals surface area contributed by atoms with E-state index in [1.165, 1.54) is 0 Å². The van der Waals surface area contributed by atoms with Gasteiger partial charge in [-0.2, -0.15) is 26.3 Å². The maximum absolute atomic E-state index is 13.1. The van der Waals surface area contributed by atoms with Crippen LogP contribution in [0.25, 0.3) is 0 Å². The molecular weight excluding hydrogens is 294 g/mol. The molecule has 0 spiro atoms. The summed E-state index contributed by atoms with van der Waals surface area (Å²) in [6.45, 7) is 0. The zero-order valence-corrected chi connectivity index (χ0v) is 8.52. The molecule has 1 aliphatic heterocycles. The van der Waals surface area contributed by atoms with Gasteiger partial charge in [-0.1, -0.05) is 0 Å². The van der Waals surface area contributed by atoms with E-state index in [2.05, 4.69) is 0 Å². The van der Waals surface area contributed by atoms with Crippen molar-refractivity contribution in [3.05, 3.63) is 12.2 Å². The van der Waals surface area contributed by atoms with Crippen LogP contribution >= 0.6 is 0 Å². The third kappa shape index (κ3) is 1.96. The van der Waals surface area contributed by atoms with E-state index >= 15 is 0 Å². The number of hydrogen-bond donors (Lipinski definition) is 0. The van der Waals surface area contributed by atoms with Crippen molar-refractivity contribution >= 4 is 11.8 Å². The van der Waals surface area contributed by atoms with Gasteiger partial charge in [0.2, 0.25) is 0 Å². The van der Waals surface area contributed by atoms with Crippen LogP contribution in [0, 0.1) is 0 Å². The number of imide groups is 1. The Morgan fingerprint density at radius 1 is 0.895 bits per heavy atom. The summed E-state index contributed by atoms with van der Waals surface area (Å²) in [4.78, 5) is 20.0. The van der Waals surface area contributed by atoms with Crippen molar-refractivity contribution in [2.45, 2.75) is 24.3 Å². The fourth-order valence-electron chi connectivity index (χ4n) is 1.16. The van der Waals surface area contributed by atoms with E-state index in [9.17, 15) is 44.7 Å². The van der Waals surface area contributed by atoms with Gasteiger partial charge >= 0.3 is 24.3 Å². The maximum Gasteiger partial charge on any atom is 0.404 e. The molecule has 0 aromatic rings. The molecule has 1 rings (SSSR count). The van der Waals surface area contributed by atoms with E-state index in [4.69, 9.17) is 0 Å². The summed E-state index contributed by atoms with van der Waals surface area (Å²) in [5.41, 5.74) is 0. The Hall–Kier alpha value is -1.68. The summed E-state index contributed by atoms with van der Waals surface area (Å²) >= 11 is 0. The fourth-order valence-corrected chi connectivity index (χ4v) is 1.16. The van der Waals surface area contributed by atoms with Gasteiger partial charge in [-0.25, -0.2) is 13.7 Å². The molecule has 0 radical (unpaired) electrons. The Balaban J connectivity index is 3.26. The maximum atomic E-state index is 13.1. The monoisotopic (exact) mass is 297 g/mol. The smallest absolute Gasteiger partial charge is 0.269 e. The molecule has 0 bridgehead atoms. The second-order valence-corrected chi connectivity index (χ2v) is 3.38. The highest BCUT2D eigenvalue weighted by Gasteiger charge is 2.79. The average molecular weight is 297 g/mol. The first-order chi connectivity index (χ1) is 8.37. The van der Waals surface area contributed by atoms with E-state index in [1.807, 2.05) is 0 Å². The summed E-state index contributed by atoms with van der Waals surface area (Å²) in [6.07, 6.45) is -4.88. The van der Waals surface area contributed by atoms with Crippen LogP contribution in [0.15, 0.2) is 12.2 Å². The van der Waals surface area contributed by atoms with Crippen LogP contribution in [-0.4, -0.2) is 41.0 Å². The highest BCUT2D eigenvalue weighted by atomic mass is 19.4. The first kappa shape index (κ1) is 15.4. The lowest BCUT2D eigenvalue weighted by atomic mass is 10.1. The number of carbonyl (C=O) groups excluding carboxylic acids is 2. The summed E-state index contributed by atoms with van der Waals surface area (Å²) in [6, 6.07) is -6.11. The molecule has 1 aliphatic rings. The summed E-state index contributed by atoms with van der Waals surface area (Å²) in [5.74, 6) is -17.1. The van der Waals surface area contributed by atoms with Gasteiger partial charge in [0.25, 0.3) is 11.8 Å². The number of rotatable bonds is 4. The Kier molecular flexibility index (Phi) is 3.37. The van der Waals surface area contributed by atoms with E-state index in [0.29, 0.717) is 0 Å². The number of carbonyl (C=O) groups is 2. The van der Waals surface area contributed by atoms with Crippen LogP contribution in [0.4, 0.5) is 35.1 Å². The highest BCUT2D eigenvalue weighted by Crippen LogP contribution is 2.50. The van der Waals surface area contributed by atoms with Gasteiger partial charge < -0.3 is 0 Å². The summed E-state index contributed by atoms with van der Waals surface area (Å²) in [5, 5.41) is 0. The molecule has 108 valence electrons. The minimum Gasteiger partial charge on any atom is -0.269 e. The summed E-state index contributed by atoms with van der Waals surface area (Å²) < 4.78 is 100. The SMILES string of the molecule is O=C1C=CC(=O)N1C(F)(F)C(F)(F)C(F)(F)C(F)F. The van der Waals surface area contributed by atoms with Crippen LogP contribution in [-0.2, 0) is 9.59 Å². The lowest BCUT2D eigenvalue weighted by Gasteiger charge is -2.35. The van der Waals surface area contributed by atoms with Crippen LogP contribution in [0.5, 0.6) is 0 Å². The summed E-state index contributed by atoms with van der Waals surface area (Å²) in [7, 11) is 0. The first-order valence-corrected chi connectivity index (χ1v) is 4.35. The Morgan fingerprint density at radius 2 is 1.26 bits per heavy atom. The van der Waals surface area contributed by atoms with Gasteiger partial charge in [-0.3, -0.25) is 9.59 Å². The number of alkyl halides is 8. The van der Waals surface area contributed by atoms with Gasteiger partial charge in [0.15, 0.2) is 0 Å². The topological polar surface area (TPSA) is 37.4 Å². The van der Waals surface area contributed by atoms with Crippen molar-refractivity contribution in [2.75, 3.05) is 0 Å². The van der Waals surface area contributed by atoms with Crippen LogP contribution < -0.4 is 0 Å². The molecule has 0 saturated heterocycles. The predicted octanol–water partition coefficient (Wildman–Crippen LogP) is 2.04. The highest BCUT2D eigenvalue weighted by molar-refractivity contribution is 6.13. The van der Waals surface area contributed by atoms with Crippen LogP contribution in [0.3, 0.4) is 0 Å². The third-order valence-corrected chi connectivity index (χ3v) is 2.16. The van der Waals surface area contributed by atoms with E-state index in [-0.39, 0.29) is 12.2 Å². The van der Waals surface area contributed by atoms with E-state index in [1.54, 1.807) is 0 Å².